The Bertz CT molecular complexity index is 192. The van der Waals surface area contributed by atoms with Crippen LogP contribution in [0.5, 0.6) is 0 Å². The first-order valence-corrected chi connectivity index (χ1v) is 5.05. The molecule has 0 aliphatic carbocycles. The van der Waals surface area contributed by atoms with Crippen molar-refractivity contribution in [3.05, 3.63) is 0 Å². The maximum Gasteiger partial charge on any atom is 0.0947 e. The van der Waals surface area contributed by atoms with E-state index in [0.717, 1.165) is 32.1 Å². The third-order valence-corrected chi connectivity index (χ3v) is 3.84. The largest absolute Gasteiger partial charge is 0.390 e. The highest BCUT2D eigenvalue weighted by molar-refractivity contribution is 5.08. The predicted octanol–water partition coefficient (Wildman–Crippen LogP) is 1.86. The van der Waals surface area contributed by atoms with Gasteiger partial charge < -0.3 is 9.84 Å². The summed E-state index contributed by atoms with van der Waals surface area (Å²) in [6, 6.07) is 0. The minimum Gasteiger partial charge on any atom is -0.390 e. The fourth-order valence-corrected chi connectivity index (χ4v) is 2.77. The van der Waals surface area contributed by atoms with Crippen LogP contribution in [0.3, 0.4) is 0 Å². The first kappa shape index (κ1) is 8.52. The van der Waals surface area contributed by atoms with Gasteiger partial charge in [-0.2, -0.15) is 0 Å². The summed E-state index contributed by atoms with van der Waals surface area (Å²) in [4.78, 5) is 0. The van der Waals surface area contributed by atoms with Crippen LogP contribution in [0, 0.1) is 0 Å². The van der Waals surface area contributed by atoms with Gasteiger partial charge in [0.25, 0.3) is 0 Å². The molecule has 3 unspecified atom stereocenters. The van der Waals surface area contributed by atoms with Crippen LogP contribution < -0.4 is 0 Å². The molecule has 2 nitrogen and oxygen atoms in total. The molecular formula is C10H18O2. The molecule has 0 spiro atoms. The first-order valence-electron chi connectivity index (χ1n) is 5.05. The Morgan fingerprint density at radius 3 is 2.42 bits per heavy atom. The Balaban J connectivity index is 2.22. The number of hydrogen-bond donors (Lipinski definition) is 1. The van der Waals surface area contributed by atoms with Crippen LogP contribution >= 0.6 is 0 Å². The van der Waals surface area contributed by atoms with Gasteiger partial charge >= 0.3 is 0 Å². The smallest absolute Gasteiger partial charge is 0.0947 e. The summed E-state index contributed by atoms with van der Waals surface area (Å²) in [5.41, 5.74) is -0.133. The van der Waals surface area contributed by atoms with Crippen molar-refractivity contribution in [2.75, 3.05) is 0 Å². The Morgan fingerprint density at radius 1 is 1.33 bits per heavy atom. The summed E-state index contributed by atoms with van der Waals surface area (Å²) in [6.45, 7) is 4.27. The van der Waals surface area contributed by atoms with Crippen molar-refractivity contribution in [2.24, 2.45) is 0 Å². The minimum atomic E-state index is -0.212. The molecule has 0 radical (unpaired) electrons. The van der Waals surface area contributed by atoms with Gasteiger partial charge in [0, 0.05) is 6.42 Å². The molecule has 70 valence electrons. The zero-order chi connectivity index (χ0) is 8.82. The first-order chi connectivity index (χ1) is 5.66. The number of ether oxygens (including phenoxy) is 1. The van der Waals surface area contributed by atoms with Gasteiger partial charge in [-0.15, -0.1) is 0 Å². The summed E-state index contributed by atoms with van der Waals surface area (Å²) < 4.78 is 6.01. The van der Waals surface area contributed by atoms with E-state index in [1.54, 1.807) is 0 Å². The lowest BCUT2D eigenvalue weighted by Gasteiger charge is -2.27. The summed E-state index contributed by atoms with van der Waals surface area (Å²) in [6.07, 6.45) is 4.85. The molecule has 0 amide bonds. The fourth-order valence-electron chi connectivity index (χ4n) is 2.77. The molecule has 2 aliphatic rings. The standard InChI is InChI=1S/C10H18O2/c1-3-9-5-6-10(4-2,12-9)8(11)7-9/h8,11H,3-7H2,1-2H3. The van der Waals surface area contributed by atoms with Crippen LogP contribution in [-0.4, -0.2) is 22.4 Å². The molecule has 2 heterocycles. The fraction of sp³-hybridized carbons (Fsp3) is 1.00. The molecule has 2 bridgehead atoms. The molecule has 0 aromatic carbocycles. The third-order valence-electron chi connectivity index (χ3n) is 3.84. The minimum absolute atomic E-state index is 0.0371. The van der Waals surface area contributed by atoms with Crippen molar-refractivity contribution < 1.29 is 9.84 Å². The second-order valence-corrected chi connectivity index (χ2v) is 4.28. The van der Waals surface area contributed by atoms with Gasteiger partial charge in [0.2, 0.25) is 0 Å². The Morgan fingerprint density at radius 2 is 2.08 bits per heavy atom. The lowest BCUT2D eigenvalue weighted by atomic mass is 9.78. The second-order valence-electron chi connectivity index (χ2n) is 4.28. The van der Waals surface area contributed by atoms with Crippen LogP contribution in [0.4, 0.5) is 0 Å². The molecule has 2 aliphatic heterocycles. The molecule has 12 heavy (non-hydrogen) atoms. The van der Waals surface area contributed by atoms with Crippen LogP contribution in [0.25, 0.3) is 0 Å². The van der Waals surface area contributed by atoms with Gasteiger partial charge in [-0.25, -0.2) is 0 Å². The van der Waals surface area contributed by atoms with Crippen molar-refractivity contribution >= 4 is 0 Å². The van der Waals surface area contributed by atoms with Crippen LogP contribution in [0.2, 0.25) is 0 Å². The van der Waals surface area contributed by atoms with Crippen LogP contribution in [0.15, 0.2) is 0 Å². The predicted molar refractivity (Wildman–Crippen MR) is 47.0 cm³/mol. The zero-order valence-electron chi connectivity index (χ0n) is 7.97. The Hall–Kier alpha value is -0.0800. The molecule has 2 saturated heterocycles. The van der Waals surface area contributed by atoms with Crippen molar-refractivity contribution in [1.29, 1.82) is 0 Å². The third kappa shape index (κ3) is 0.882. The molecule has 0 aromatic rings. The van der Waals surface area contributed by atoms with E-state index in [4.69, 9.17) is 4.74 Å². The second kappa shape index (κ2) is 2.46. The van der Waals surface area contributed by atoms with E-state index in [9.17, 15) is 5.11 Å². The van der Waals surface area contributed by atoms with E-state index in [1.165, 1.54) is 0 Å². The zero-order valence-corrected chi connectivity index (χ0v) is 7.97. The van der Waals surface area contributed by atoms with Gasteiger partial charge in [0.15, 0.2) is 0 Å². The van der Waals surface area contributed by atoms with E-state index >= 15 is 0 Å². The average molecular weight is 170 g/mol. The highest BCUT2D eigenvalue weighted by Gasteiger charge is 2.59. The normalized spacial score (nSPS) is 51.8. The molecule has 3 atom stereocenters. The lowest BCUT2D eigenvalue weighted by Crippen LogP contribution is -2.37. The molecule has 0 saturated carbocycles. The number of rotatable bonds is 2. The molecule has 1 N–H and O–H groups in total. The van der Waals surface area contributed by atoms with Gasteiger partial charge in [0.05, 0.1) is 17.3 Å². The quantitative estimate of drug-likeness (QED) is 0.685. The molecule has 2 rings (SSSR count). The number of aliphatic hydroxyl groups excluding tert-OH is 1. The van der Waals surface area contributed by atoms with Gasteiger partial charge in [-0.1, -0.05) is 13.8 Å². The highest BCUT2D eigenvalue weighted by atomic mass is 16.6. The van der Waals surface area contributed by atoms with Crippen molar-refractivity contribution in [2.45, 2.75) is 63.3 Å². The Kier molecular flexibility index (Phi) is 1.74. The monoisotopic (exact) mass is 170 g/mol. The van der Waals surface area contributed by atoms with E-state index in [2.05, 4.69) is 13.8 Å². The summed E-state index contributed by atoms with van der Waals surface area (Å²) in [7, 11) is 0. The van der Waals surface area contributed by atoms with E-state index in [0.29, 0.717) is 0 Å². The molecule has 2 heteroatoms. The summed E-state index contributed by atoms with van der Waals surface area (Å²) in [5, 5.41) is 9.84. The van der Waals surface area contributed by atoms with E-state index in [1.807, 2.05) is 0 Å². The topological polar surface area (TPSA) is 29.5 Å². The number of aliphatic hydroxyl groups is 1. The highest BCUT2D eigenvalue weighted by Crippen LogP contribution is 2.53. The number of hydrogen-bond acceptors (Lipinski definition) is 2. The Labute approximate surface area is 73.9 Å². The van der Waals surface area contributed by atoms with Gasteiger partial charge in [-0.05, 0) is 25.7 Å². The van der Waals surface area contributed by atoms with E-state index in [-0.39, 0.29) is 17.3 Å². The van der Waals surface area contributed by atoms with Crippen LogP contribution in [0.1, 0.15) is 46.0 Å². The summed E-state index contributed by atoms with van der Waals surface area (Å²) in [5.74, 6) is 0. The molecule has 2 fully saturated rings. The van der Waals surface area contributed by atoms with Crippen LogP contribution in [-0.2, 0) is 4.74 Å². The van der Waals surface area contributed by atoms with Gasteiger partial charge in [-0.3, -0.25) is 0 Å². The maximum absolute atomic E-state index is 9.84. The summed E-state index contributed by atoms with van der Waals surface area (Å²) >= 11 is 0. The van der Waals surface area contributed by atoms with E-state index < -0.39 is 0 Å². The average Bonchev–Trinajstić information content (AvgIpc) is 2.58. The molecular weight excluding hydrogens is 152 g/mol. The number of fused-ring (bicyclic) bond motifs is 2. The van der Waals surface area contributed by atoms with Crippen molar-refractivity contribution in [1.82, 2.24) is 0 Å². The van der Waals surface area contributed by atoms with Crippen molar-refractivity contribution in [3.8, 4) is 0 Å². The maximum atomic E-state index is 9.84. The van der Waals surface area contributed by atoms with Crippen molar-refractivity contribution in [3.63, 3.8) is 0 Å². The lowest BCUT2D eigenvalue weighted by molar-refractivity contribution is -0.0781. The molecule has 0 aromatic heterocycles. The SMILES string of the molecule is CCC12CCC(CC)(O1)C(O)C2. The van der Waals surface area contributed by atoms with Gasteiger partial charge in [0.1, 0.15) is 0 Å².